The number of nitrogens with zero attached hydrogens (tertiary/aromatic N) is 2. The summed E-state index contributed by atoms with van der Waals surface area (Å²) in [6.07, 6.45) is 2.31. The fraction of sp³-hybridized carbons (Fsp3) is 0.0909. The molecule has 2 rings (SSSR count). The lowest BCUT2D eigenvalue weighted by atomic mass is 10.2. The summed E-state index contributed by atoms with van der Waals surface area (Å²) in [5.74, 6) is -0.368. The van der Waals surface area contributed by atoms with E-state index in [1.807, 2.05) is 0 Å². The molecule has 0 bridgehead atoms. The Balaban J connectivity index is 2.36. The van der Waals surface area contributed by atoms with Crippen LogP contribution < -0.4 is 5.43 Å². The Kier molecular flexibility index (Phi) is 4.82. The summed E-state index contributed by atoms with van der Waals surface area (Å²) in [7, 11) is 0. The van der Waals surface area contributed by atoms with Gasteiger partial charge >= 0.3 is 5.69 Å². The van der Waals surface area contributed by atoms with Gasteiger partial charge in [0.2, 0.25) is 0 Å². The molecule has 2 heterocycles. The van der Waals surface area contributed by atoms with Crippen molar-refractivity contribution in [3.63, 3.8) is 0 Å². The van der Waals surface area contributed by atoms with Crippen molar-refractivity contribution in [1.82, 2.24) is 4.57 Å². The second-order valence-electron chi connectivity index (χ2n) is 3.91. The molecule has 0 N–H and O–H groups in total. The molecule has 0 fully saturated rings. The SMILES string of the molecule is O=C(Cn1cc(Br)c(=O)c([N+](=O)[O-])c1)c1cc(Cl)sc1Cl. The number of carbonyl (C=O) groups excluding carboxylic acids is 1. The van der Waals surface area contributed by atoms with Crippen molar-refractivity contribution in [3.05, 3.63) is 57.5 Å². The van der Waals surface area contributed by atoms with E-state index in [9.17, 15) is 19.7 Å². The van der Waals surface area contributed by atoms with E-state index in [1.54, 1.807) is 0 Å². The fourth-order valence-electron chi connectivity index (χ4n) is 1.58. The van der Waals surface area contributed by atoms with E-state index in [1.165, 1.54) is 16.8 Å². The lowest BCUT2D eigenvalue weighted by molar-refractivity contribution is -0.386. The average Bonchev–Trinajstić information content (AvgIpc) is 2.72. The summed E-state index contributed by atoms with van der Waals surface area (Å²) in [5, 5.41) is 10.8. The first kappa shape index (κ1) is 16.2. The van der Waals surface area contributed by atoms with Gasteiger partial charge in [-0.1, -0.05) is 23.2 Å². The number of aromatic nitrogens is 1. The van der Waals surface area contributed by atoms with Crippen LogP contribution in [0.15, 0.2) is 27.7 Å². The predicted molar refractivity (Wildman–Crippen MR) is 83.7 cm³/mol. The van der Waals surface area contributed by atoms with Gasteiger partial charge in [-0.15, -0.1) is 11.3 Å². The molecule has 6 nitrogen and oxygen atoms in total. The number of halogens is 3. The minimum atomic E-state index is -0.803. The van der Waals surface area contributed by atoms with Crippen LogP contribution in [-0.4, -0.2) is 15.3 Å². The average molecular weight is 412 g/mol. The summed E-state index contributed by atoms with van der Waals surface area (Å²) in [6.45, 7) is -0.202. The fourth-order valence-corrected chi connectivity index (χ4v) is 3.55. The first-order valence-electron chi connectivity index (χ1n) is 5.31. The molecule has 0 radical (unpaired) electrons. The van der Waals surface area contributed by atoms with Crippen LogP contribution in [0.4, 0.5) is 5.69 Å². The summed E-state index contributed by atoms with van der Waals surface area (Å²) >= 11 is 15.6. The lowest BCUT2D eigenvalue weighted by Crippen LogP contribution is -2.16. The molecule has 2 aromatic rings. The maximum absolute atomic E-state index is 12.1. The van der Waals surface area contributed by atoms with Gasteiger partial charge in [-0.2, -0.15) is 0 Å². The van der Waals surface area contributed by atoms with Crippen molar-refractivity contribution < 1.29 is 9.72 Å². The van der Waals surface area contributed by atoms with Gasteiger partial charge in [0, 0.05) is 6.20 Å². The Morgan fingerprint density at radius 1 is 1.43 bits per heavy atom. The van der Waals surface area contributed by atoms with E-state index in [-0.39, 0.29) is 26.7 Å². The van der Waals surface area contributed by atoms with Crippen molar-refractivity contribution in [1.29, 1.82) is 0 Å². The number of hydrogen-bond donors (Lipinski definition) is 0. The van der Waals surface area contributed by atoms with Gasteiger partial charge in [-0.25, -0.2) is 0 Å². The van der Waals surface area contributed by atoms with E-state index >= 15 is 0 Å². The standard InChI is InChI=1S/C11H5BrCl2N2O4S/c12-6-2-15(3-7(10(6)18)16(19)20)4-8(17)5-1-9(13)21-11(5)14/h1-3H,4H2. The van der Waals surface area contributed by atoms with Crippen LogP contribution in [0.1, 0.15) is 10.4 Å². The summed E-state index contributed by atoms with van der Waals surface area (Å²) < 4.78 is 1.86. The topological polar surface area (TPSA) is 82.2 Å². The second-order valence-corrected chi connectivity index (χ2v) is 7.05. The number of rotatable bonds is 4. The van der Waals surface area contributed by atoms with Gasteiger partial charge in [0.15, 0.2) is 5.78 Å². The zero-order valence-corrected chi connectivity index (χ0v) is 13.9. The van der Waals surface area contributed by atoms with E-state index in [4.69, 9.17) is 23.2 Å². The maximum Gasteiger partial charge on any atom is 0.333 e. The van der Waals surface area contributed by atoms with Crippen molar-refractivity contribution in [2.45, 2.75) is 6.54 Å². The Morgan fingerprint density at radius 3 is 2.62 bits per heavy atom. The molecule has 0 spiro atoms. The van der Waals surface area contributed by atoms with Crippen LogP contribution in [0.25, 0.3) is 0 Å². The molecule has 0 unspecified atom stereocenters. The van der Waals surface area contributed by atoms with Crippen molar-refractivity contribution in [3.8, 4) is 0 Å². The molecule has 0 aliphatic heterocycles. The summed E-state index contributed by atoms with van der Waals surface area (Å²) in [6, 6.07) is 1.43. The maximum atomic E-state index is 12.1. The van der Waals surface area contributed by atoms with Crippen molar-refractivity contribution in [2.75, 3.05) is 0 Å². The summed E-state index contributed by atoms with van der Waals surface area (Å²) in [4.78, 5) is 33.6. The Bertz CT molecular complexity index is 802. The molecule has 0 aromatic carbocycles. The lowest BCUT2D eigenvalue weighted by Gasteiger charge is -2.05. The largest absolute Gasteiger partial charge is 0.339 e. The van der Waals surface area contributed by atoms with Crippen molar-refractivity contribution >= 4 is 61.9 Å². The smallest absolute Gasteiger partial charge is 0.333 e. The van der Waals surface area contributed by atoms with Gasteiger partial charge in [-0.3, -0.25) is 19.7 Å². The molecule has 10 heteroatoms. The Hall–Kier alpha value is -1.22. The van der Waals surface area contributed by atoms with E-state index in [0.717, 1.165) is 17.5 Å². The third-order valence-electron chi connectivity index (χ3n) is 2.50. The molecule has 0 aliphatic carbocycles. The van der Waals surface area contributed by atoms with Gasteiger partial charge in [0.25, 0.3) is 5.43 Å². The van der Waals surface area contributed by atoms with E-state index in [2.05, 4.69) is 15.9 Å². The van der Waals surface area contributed by atoms with E-state index < -0.39 is 16.0 Å². The minimum Gasteiger partial charge on any atom is -0.339 e. The summed E-state index contributed by atoms with van der Waals surface area (Å²) in [5.41, 5.74) is -1.13. The molecule has 2 aromatic heterocycles. The monoisotopic (exact) mass is 410 g/mol. The quantitative estimate of drug-likeness (QED) is 0.435. The molecule has 0 amide bonds. The molecular formula is C11H5BrCl2N2O4S. The second kappa shape index (κ2) is 6.27. The van der Waals surface area contributed by atoms with Crippen LogP contribution in [0, 0.1) is 10.1 Å². The molecule has 0 saturated heterocycles. The third kappa shape index (κ3) is 3.52. The van der Waals surface area contributed by atoms with Crippen molar-refractivity contribution in [2.24, 2.45) is 0 Å². The molecule has 0 saturated carbocycles. The van der Waals surface area contributed by atoms with Crippen LogP contribution >= 0.6 is 50.5 Å². The Labute approximate surface area is 140 Å². The van der Waals surface area contributed by atoms with Crippen LogP contribution in [0.5, 0.6) is 0 Å². The highest BCUT2D eigenvalue weighted by Gasteiger charge is 2.19. The third-order valence-corrected chi connectivity index (χ3v) is 4.55. The van der Waals surface area contributed by atoms with Crippen LogP contribution in [-0.2, 0) is 6.54 Å². The number of thiophene rings is 1. The number of carbonyl (C=O) groups is 1. The molecular weight excluding hydrogens is 407 g/mol. The number of ketones is 1. The first-order chi connectivity index (χ1) is 9.79. The van der Waals surface area contributed by atoms with Gasteiger partial charge < -0.3 is 4.57 Å². The molecule has 21 heavy (non-hydrogen) atoms. The highest BCUT2D eigenvalue weighted by Crippen LogP contribution is 2.31. The van der Waals surface area contributed by atoms with Crippen LogP contribution in [0.3, 0.4) is 0 Å². The number of pyridine rings is 1. The minimum absolute atomic E-state index is 0.000974. The number of nitro groups is 1. The highest BCUT2D eigenvalue weighted by atomic mass is 79.9. The normalized spacial score (nSPS) is 10.6. The molecule has 0 aliphatic rings. The Morgan fingerprint density at radius 2 is 2.10 bits per heavy atom. The van der Waals surface area contributed by atoms with Gasteiger partial charge in [-0.05, 0) is 22.0 Å². The number of hydrogen-bond acceptors (Lipinski definition) is 5. The molecule has 110 valence electrons. The zero-order valence-electron chi connectivity index (χ0n) is 10.0. The predicted octanol–water partition coefficient (Wildman–Crippen LogP) is 3.77. The van der Waals surface area contributed by atoms with Crippen LogP contribution in [0.2, 0.25) is 8.67 Å². The highest BCUT2D eigenvalue weighted by molar-refractivity contribution is 9.10. The van der Waals surface area contributed by atoms with E-state index in [0.29, 0.717) is 4.34 Å². The molecule has 0 atom stereocenters. The first-order valence-corrected chi connectivity index (χ1v) is 7.68. The zero-order chi connectivity index (χ0) is 15.7. The number of Topliss-reactive ketones (excluding diaryl/α,β-unsaturated/α-hetero) is 1. The van der Waals surface area contributed by atoms with Gasteiger partial charge in [0.1, 0.15) is 4.34 Å². The van der Waals surface area contributed by atoms with Gasteiger partial charge in [0.05, 0.1) is 32.0 Å².